The molecule has 4 rings (SSSR count). The van der Waals surface area contributed by atoms with Gasteiger partial charge in [-0.25, -0.2) is 0 Å². The zero-order chi connectivity index (χ0) is 15.3. The van der Waals surface area contributed by atoms with E-state index in [9.17, 15) is 0 Å². The maximum atomic E-state index is 5.42. The third kappa shape index (κ3) is 1.72. The molecular formula is C21H18O. The number of methoxy groups -OCH3 is 1. The lowest BCUT2D eigenvalue weighted by Gasteiger charge is -2.15. The highest BCUT2D eigenvalue weighted by atomic mass is 16.5. The Morgan fingerprint density at radius 1 is 0.682 bits per heavy atom. The molecule has 0 aliphatic rings. The van der Waals surface area contributed by atoms with Crippen LogP contribution in [0, 0.1) is 13.8 Å². The fourth-order valence-electron chi connectivity index (χ4n) is 3.56. The van der Waals surface area contributed by atoms with Crippen LogP contribution >= 0.6 is 0 Å². The third-order valence-corrected chi connectivity index (χ3v) is 4.74. The molecule has 0 spiro atoms. The molecule has 1 nitrogen and oxygen atoms in total. The van der Waals surface area contributed by atoms with E-state index in [1.807, 2.05) is 6.07 Å². The smallest absolute Gasteiger partial charge is 0.119 e. The summed E-state index contributed by atoms with van der Waals surface area (Å²) in [4.78, 5) is 0. The third-order valence-electron chi connectivity index (χ3n) is 4.74. The Morgan fingerprint density at radius 2 is 1.45 bits per heavy atom. The normalized spacial score (nSPS) is 11.4. The SMILES string of the molecule is COc1ccc2c(C)c3ccc4ccccc4c3c(C)c2c1. The Hall–Kier alpha value is -2.54. The lowest BCUT2D eigenvalue weighted by Crippen LogP contribution is -1.91. The molecule has 0 fully saturated rings. The lowest BCUT2D eigenvalue weighted by molar-refractivity contribution is 0.415. The van der Waals surface area contributed by atoms with Gasteiger partial charge >= 0.3 is 0 Å². The van der Waals surface area contributed by atoms with Crippen LogP contribution in [0.3, 0.4) is 0 Å². The van der Waals surface area contributed by atoms with Crippen LogP contribution in [0.15, 0.2) is 54.6 Å². The van der Waals surface area contributed by atoms with Crippen LogP contribution in [-0.4, -0.2) is 7.11 Å². The van der Waals surface area contributed by atoms with E-state index in [1.54, 1.807) is 7.11 Å². The molecule has 0 amide bonds. The van der Waals surface area contributed by atoms with Crippen LogP contribution in [0.2, 0.25) is 0 Å². The summed E-state index contributed by atoms with van der Waals surface area (Å²) in [5.74, 6) is 0.912. The summed E-state index contributed by atoms with van der Waals surface area (Å²) in [5, 5.41) is 7.90. The largest absolute Gasteiger partial charge is 0.497 e. The second-order valence-corrected chi connectivity index (χ2v) is 5.87. The average Bonchev–Trinajstić information content (AvgIpc) is 2.58. The van der Waals surface area contributed by atoms with Crippen molar-refractivity contribution in [3.8, 4) is 5.75 Å². The van der Waals surface area contributed by atoms with E-state index >= 15 is 0 Å². The number of fused-ring (bicyclic) bond motifs is 4. The van der Waals surface area contributed by atoms with E-state index in [-0.39, 0.29) is 0 Å². The molecule has 4 aromatic carbocycles. The molecular weight excluding hydrogens is 268 g/mol. The molecule has 0 aromatic heterocycles. The summed E-state index contributed by atoms with van der Waals surface area (Å²) < 4.78 is 5.42. The van der Waals surface area contributed by atoms with Gasteiger partial charge in [-0.15, -0.1) is 0 Å². The summed E-state index contributed by atoms with van der Waals surface area (Å²) in [6, 6.07) is 19.5. The highest BCUT2D eigenvalue weighted by molar-refractivity contribution is 6.16. The van der Waals surface area contributed by atoms with Gasteiger partial charge in [0.2, 0.25) is 0 Å². The molecule has 1 heteroatoms. The highest BCUT2D eigenvalue weighted by Gasteiger charge is 2.11. The quantitative estimate of drug-likeness (QED) is 0.319. The molecule has 0 bridgehead atoms. The van der Waals surface area contributed by atoms with E-state index in [1.165, 1.54) is 43.4 Å². The predicted molar refractivity (Wildman–Crippen MR) is 95.0 cm³/mol. The number of hydrogen-bond acceptors (Lipinski definition) is 1. The first-order valence-electron chi connectivity index (χ1n) is 7.59. The maximum Gasteiger partial charge on any atom is 0.119 e. The number of ether oxygens (including phenoxy) is 1. The van der Waals surface area contributed by atoms with Gasteiger partial charge in [-0.3, -0.25) is 0 Å². The lowest BCUT2D eigenvalue weighted by atomic mass is 9.90. The van der Waals surface area contributed by atoms with Gasteiger partial charge < -0.3 is 4.74 Å². The van der Waals surface area contributed by atoms with Gasteiger partial charge in [-0.1, -0.05) is 42.5 Å². The van der Waals surface area contributed by atoms with Crippen molar-refractivity contribution in [3.05, 3.63) is 65.7 Å². The topological polar surface area (TPSA) is 9.23 Å². The van der Waals surface area contributed by atoms with Crippen LogP contribution in [-0.2, 0) is 0 Å². The summed E-state index contributed by atoms with van der Waals surface area (Å²) >= 11 is 0. The first kappa shape index (κ1) is 13.1. The molecule has 0 saturated carbocycles. The Balaban J connectivity index is 2.29. The van der Waals surface area contributed by atoms with E-state index in [0.717, 1.165) is 5.75 Å². The summed E-state index contributed by atoms with van der Waals surface area (Å²) in [6.45, 7) is 4.43. The minimum Gasteiger partial charge on any atom is -0.497 e. The average molecular weight is 286 g/mol. The molecule has 4 aromatic rings. The van der Waals surface area contributed by atoms with Gasteiger partial charge in [0, 0.05) is 0 Å². The van der Waals surface area contributed by atoms with Crippen LogP contribution in [0.5, 0.6) is 5.75 Å². The minimum atomic E-state index is 0.912. The number of hydrogen-bond donors (Lipinski definition) is 0. The molecule has 0 aliphatic carbocycles. The Bertz CT molecular complexity index is 1030. The van der Waals surface area contributed by atoms with Gasteiger partial charge in [0.05, 0.1) is 7.11 Å². The zero-order valence-corrected chi connectivity index (χ0v) is 13.1. The number of aryl methyl sites for hydroxylation is 2. The molecule has 0 heterocycles. The summed E-state index contributed by atoms with van der Waals surface area (Å²) in [6.07, 6.45) is 0. The molecule has 22 heavy (non-hydrogen) atoms. The Labute approximate surface area is 130 Å². The first-order chi connectivity index (χ1) is 10.7. The van der Waals surface area contributed by atoms with Crippen LogP contribution in [0.4, 0.5) is 0 Å². The van der Waals surface area contributed by atoms with E-state index < -0.39 is 0 Å². The molecule has 108 valence electrons. The van der Waals surface area contributed by atoms with Crippen molar-refractivity contribution in [2.24, 2.45) is 0 Å². The molecule has 0 radical (unpaired) electrons. The number of rotatable bonds is 1. The molecule has 0 atom stereocenters. The fraction of sp³-hybridized carbons (Fsp3) is 0.143. The van der Waals surface area contributed by atoms with E-state index in [0.29, 0.717) is 0 Å². The van der Waals surface area contributed by atoms with Gasteiger partial charge in [-0.05, 0) is 69.4 Å². The highest BCUT2D eigenvalue weighted by Crippen LogP contribution is 2.37. The van der Waals surface area contributed by atoms with Gasteiger partial charge in [0.15, 0.2) is 0 Å². The summed E-state index contributed by atoms with van der Waals surface area (Å²) in [5.41, 5.74) is 2.66. The van der Waals surface area contributed by atoms with Gasteiger partial charge in [0.1, 0.15) is 5.75 Å². The number of benzene rings is 4. The van der Waals surface area contributed by atoms with Gasteiger partial charge in [0.25, 0.3) is 0 Å². The second kappa shape index (κ2) is 4.74. The first-order valence-corrected chi connectivity index (χ1v) is 7.59. The van der Waals surface area contributed by atoms with Crippen molar-refractivity contribution in [1.29, 1.82) is 0 Å². The van der Waals surface area contributed by atoms with Gasteiger partial charge in [-0.2, -0.15) is 0 Å². The fourth-order valence-corrected chi connectivity index (χ4v) is 3.56. The van der Waals surface area contributed by atoms with E-state index in [4.69, 9.17) is 4.74 Å². The summed E-state index contributed by atoms with van der Waals surface area (Å²) in [7, 11) is 1.72. The standard InChI is InChI=1S/C21H18O/c1-13-17-11-9-16(22-3)12-20(17)14(2)21-18(13)10-8-15-6-4-5-7-19(15)21/h4-12H,1-3H3. The van der Waals surface area contributed by atoms with E-state index in [2.05, 4.69) is 62.4 Å². The van der Waals surface area contributed by atoms with Crippen LogP contribution < -0.4 is 4.74 Å². The van der Waals surface area contributed by atoms with Crippen molar-refractivity contribution in [2.75, 3.05) is 7.11 Å². The van der Waals surface area contributed by atoms with Crippen molar-refractivity contribution >= 4 is 32.3 Å². The molecule has 0 unspecified atom stereocenters. The molecule has 0 aliphatic heterocycles. The maximum absolute atomic E-state index is 5.42. The zero-order valence-electron chi connectivity index (χ0n) is 13.1. The van der Waals surface area contributed by atoms with Crippen LogP contribution in [0.25, 0.3) is 32.3 Å². The Morgan fingerprint density at radius 3 is 2.27 bits per heavy atom. The monoisotopic (exact) mass is 286 g/mol. The van der Waals surface area contributed by atoms with Crippen molar-refractivity contribution in [2.45, 2.75) is 13.8 Å². The van der Waals surface area contributed by atoms with Crippen molar-refractivity contribution in [1.82, 2.24) is 0 Å². The van der Waals surface area contributed by atoms with Crippen molar-refractivity contribution < 1.29 is 4.74 Å². The van der Waals surface area contributed by atoms with Crippen molar-refractivity contribution in [3.63, 3.8) is 0 Å². The Kier molecular flexibility index (Phi) is 2.83. The predicted octanol–water partition coefficient (Wildman–Crippen LogP) is 5.77. The minimum absolute atomic E-state index is 0.912. The molecule has 0 saturated heterocycles. The second-order valence-electron chi connectivity index (χ2n) is 5.87. The molecule has 0 N–H and O–H groups in total. The van der Waals surface area contributed by atoms with Crippen LogP contribution in [0.1, 0.15) is 11.1 Å².